The van der Waals surface area contributed by atoms with Gasteiger partial charge < -0.3 is 10.2 Å². The number of piperidine rings is 1. The number of likely N-dealkylation sites (tertiary alicyclic amines) is 1. The summed E-state index contributed by atoms with van der Waals surface area (Å²) in [5, 5.41) is 6.75. The van der Waals surface area contributed by atoms with E-state index in [4.69, 9.17) is 23.2 Å². The number of amides is 1. The summed E-state index contributed by atoms with van der Waals surface area (Å²) in [6, 6.07) is 10.6. The van der Waals surface area contributed by atoms with Crippen LogP contribution in [-0.2, 0) is 17.8 Å². The molecule has 2 heterocycles. The summed E-state index contributed by atoms with van der Waals surface area (Å²) in [4.78, 5) is 17.5. The van der Waals surface area contributed by atoms with Crippen LogP contribution in [0.25, 0.3) is 0 Å². The van der Waals surface area contributed by atoms with Gasteiger partial charge in [0.05, 0.1) is 10.0 Å². The second-order valence-electron chi connectivity index (χ2n) is 10.6. The van der Waals surface area contributed by atoms with Crippen LogP contribution < -0.4 is 5.32 Å². The Balaban J connectivity index is 0.000000499. The molecule has 0 spiro atoms. The summed E-state index contributed by atoms with van der Waals surface area (Å²) in [7, 11) is 0. The number of nitrogens with zero attached hydrogens (tertiary/aromatic N) is 2. The lowest BCUT2D eigenvalue weighted by molar-refractivity contribution is -0.118. The van der Waals surface area contributed by atoms with E-state index >= 15 is 0 Å². The lowest BCUT2D eigenvalue weighted by Crippen LogP contribution is -2.43. The Morgan fingerprint density at radius 2 is 2.00 bits per heavy atom. The third-order valence-corrected chi connectivity index (χ3v) is 8.95. The summed E-state index contributed by atoms with van der Waals surface area (Å²) in [6.07, 6.45) is 13.0. The molecule has 4 nitrogen and oxygen atoms in total. The number of thiophene rings is 1. The molecule has 1 amide bonds. The number of nitrogens with one attached hydrogen (secondary N) is 1. The molecule has 1 aliphatic heterocycles. The van der Waals surface area contributed by atoms with Gasteiger partial charge in [-0.25, -0.2) is 0 Å². The fraction of sp³-hybridized carbons (Fsp3) is 0.594. The Bertz CT molecular complexity index is 966. The fourth-order valence-electron chi connectivity index (χ4n) is 5.02. The number of aryl methyl sites for hydroxylation is 1. The standard InChI is InChI=1S/C24H37Cl2N3O.C8H12S/c1-4-6-21(11-13-29-16-19(3)7-9-22(29)5-2)27-12-14-28(18-30)17-20-8-10-23(25)24(26)15-20;1-2-3-5-8-6-4-7-9-8/h6,8,10,15,18-19,22,27H,4-5,7,9,11-14,16-17H2,1-3H3;4,6-7H,2-3,5H2,1H3/b21-6+;. The number of carbonyl (C=O) groups excluding carboxylic acids is 1. The zero-order chi connectivity index (χ0) is 28.5. The highest BCUT2D eigenvalue weighted by Crippen LogP contribution is 2.25. The molecule has 7 heteroatoms. The minimum Gasteiger partial charge on any atom is -0.387 e. The van der Waals surface area contributed by atoms with Gasteiger partial charge >= 0.3 is 0 Å². The predicted octanol–water partition coefficient (Wildman–Crippen LogP) is 8.83. The highest BCUT2D eigenvalue weighted by molar-refractivity contribution is 7.09. The van der Waals surface area contributed by atoms with Gasteiger partial charge in [-0.05, 0) is 80.0 Å². The number of carbonyl (C=O) groups is 1. The van der Waals surface area contributed by atoms with Crippen molar-refractivity contribution < 1.29 is 4.79 Å². The van der Waals surface area contributed by atoms with Crippen LogP contribution in [0, 0.1) is 5.92 Å². The minimum atomic E-state index is 0.517. The normalized spacial score (nSPS) is 17.8. The number of allylic oxidation sites excluding steroid dienone is 1. The lowest BCUT2D eigenvalue weighted by Gasteiger charge is -2.38. The molecule has 3 rings (SSSR count). The molecule has 0 aliphatic carbocycles. The Labute approximate surface area is 251 Å². The minimum absolute atomic E-state index is 0.517. The number of halogens is 2. The second kappa shape index (κ2) is 19.5. The van der Waals surface area contributed by atoms with E-state index in [0.29, 0.717) is 23.1 Å². The molecule has 1 N–H and O–H groups in total. The SMILES string of the molecule is CC/C=C(\CCN1CC(C)CCC1CC)NCCN(C=O)Cc1ccc(Cl)c(Cl)c1.CCCCc1cccs1. The maximum Gasteiger partial charge on any atom is 0.210 e. The third kappa shape index (κ3) is 13.1. The molecule has 1 aromatic heterocycles. The summed E-state index contributed by atoms with van der Waals surface area (Å²) in [5.41, 5.74) is 2.26. The van der Waals surface area contributed by atoms with Crippen LogP contribution in [0.2, 0.25) is 10.0 Å². The number of hydrogen-bond donors (Lipinski definition) is 1. The summed E-state index contributed by atoms with van der Waals surface area (Å²) < 4.78 is 0. The average molecular weight is 595 g/mol. The monoisotopic (exact) mass is 593 g/mol. The van der Waals surface area contributed by atoms with Crippen molar-refractivity contribution in [2.75, 3.05) is 26.2 Å². The van der Waals surface area contributed by atoms with Crippen LogP contribution in [0.4, 0.5) is 0 Å². The average Bonchev–Trinajstić information content (AvgIpc) is 3.46. The van der Waals surface area contributed by atoms with Crippen molar-refractivity contribution in [2.45, 2.75) is 91.6 Å². The summed E-state index contributed by atoms with van der Waals surface area (Å²) >= 11 is 13.9. The molecular weight excluding hydrogens is 545 g/mol. The van der Waals surface area contributed by atoms with Gasteiger partial charge in [-0.1, -0.05) is 75.5 Å². The van der Waals surface area contributed by atoms with E-state index < -0.39 is 0 Å². The fourth-order valence-corrected chi connectivity index (χ4v) is 6.09. The van der Waals surface area contributed by atoms with Gasteiger partial charge in [0.15, 0.2) is 0 Å². The van der Waals surface area contributed by atoms with E-state index in [0.717, 1.165) is 49.9 Å². The van der Waals surface area contributed by atoms with Crippen molar-refractivity contribution in [3.05, 3.63) is 68.0 Å². The number of unbranched alkanes of at least 4 members (excludes halogenated alkanes) is 1. The molecule has 1 saturated heterocycles. The van der Waals surface area contributed by atoms with Gasteiger partial charge in [0.25, 0.3) is 0 Å². The largest absolute Gasteiger partial charge is 0.387 e. The summed E-state index contributed by atoms with van der Waals surface area (Å²) in [6.45, 7) is 13.3. The van der Waals surface area contributed by atoms with Crippen LogP contribution in [0.3, 0.4) is 0 Å². The zero-order valence-electron chi connectivity index (χ0n) is 24.4. The van der Waals surface area contributed by atoms with Crippen LogP contribution >= 0.6 is 34.5 Å². The number of rotatable bonds is 15. The van der Waals surface area contributed by atoms with Gasteiger partial charge in [0.2, 0.25) is 6.41 Å². The molecule has 0 radical (unpaired) electrons. The van der Waals surface area contributed by atoms with Gasteiger partial charge in [0, 0.05) is 49.3 Å². The van der Waals surface area contributed by atoms with Gasteiger partial charge in [-0.15, -0.1) is 11.3 Å². The Kier molecular flexibility index (Phi) is 16.9. The van der Waals surface area contributed by atoms with E-state index in [-0.39, 0.29) is 0 Å². The van der Waals surface area contributed by atoms with E-state index in [1.54, 1.807) is 11.0 Å². The topological polar surface area (TPSA) is 35.6 Å². The van der Waals surface area contributed by atoms with Gasteiger partial charge in [-0.2, -0.15) is 0 Å². The van der Waals surface area contributed by atoms with Crippen molar-refractivity contribution in [1.82, 2.24) is 15.1 Å². The van der Waals surface area contributed by atoms with Crippen molar-refractivity contribution >= 4 is 40.9 Å². The Hall–Kier alpha value is -1.53. The molecule has 1 fully saturated rings. The van der Waals surface area contributed by atoms with Crippen LogP contribution in [-0.4, -0.2) is 48.4 Å². The molecule has 2 aromatic rings. The molecule has 39 heavy (non-hydrogen) atoms. The van der Waals surface area contributed by atoms with E-state index in [9.17, 15) is 4.79 Å². The van der Waals surface area contributed by atoms with Crippen molar-refractivity contribution in [2.24, 2.45) is 5.92 Å². The van der Waals surface area contributed by atoms with Crippen LogP contribution in [0.1, 0.15) is 83.1 Å². The molecular formula is C32H49Cl2N3OS. The zero-order valence-corrected chi connectivity index (χ0v) is 26.8. The van der Waals surface area contributed by atoms with Gasteiger partial charge in [0.1, 0.15) is 0 Å². The predicted molar refractivity (Wildman–Crippen MR) is 171 cm³/mol. The molecule has 0 saturated carbocycles. The summed E-state index contributed by atoms with van der Waals surface area (Å²) in [5.74, 6) is 0.793. The van der Waals surface area contributed by atoms with E-state index in [1.165, 1.54) is 55.6 Å². The van der Waals surface area contributed by atoms with E-state index in [1.807, 2.05) is 23.5 Å². The van der Waals surface area contributed by atoms with Crippen molar-refractivity contribution in [1.29, 1.82) is 0 Å². The van der Waals surface area contributed by atoms with Crippen molar-refractivity contribution in [3.8, 4) is 0 Å². The number of benzene rings is 1. The Morgan fingerprint density at radius 3 is 2.64 bits per heavy atom. The first-order valence-corrected chi connectivity index (χ1v) is 16.4. The third-order valence-electron chi connectivity index (χ3n) is 7.27. The van der Waals surface area contributed by atoms with Crippen LogP contribution in [0.5, 0.6) is 0 Å². The molecule has 0 bridgehead atoms. The number of hydrogen-bond acceptors (Lipinski definition) is 4. The first-order valence-electron chi connectivity index (χ1n) is 14.7. The maximum absolute atomic E-state index is 11.5. The second-order valence-corrected chi connectivity index (χ2v) is 12.4. The smallest absolute Gasteiger partial charge is 0.210 e. The first kappa shape index (κ1) is 33.7. The molecule has 218 valence electrons. The highest BCUT2D eigenvalue weighted by atomic mass is 35.5. The van der Waals surface area contributed by atoms with E-state index in [2.05, 4.69) is 61.5 Å². The van der Waals surface area contributed by atoms with Crippen LogP contribution in [0.15, 0.2) is 47.5 Å². The van der Waals surface area contributed by atoms with Gasteiger partial charge in [-0.3, -0.25) is 9.69 Å². The molecule has 1 aliphatic rings. The van der Waals surface area contributed by atoms with Crippen molar-refractivity contribution in [3.63, 3.8) is 0 Å². The maximum atomic E-state index is 11.5. The molecule has 2 unspecified atom stereocenters. The first-order chi connectivity index (χ1) is 18.9. The Morgan fingerprint density at radius 1 is 1.18 bits per heavy atom. The molecule has 2 atom stereocenters. The lowest BCUT2D eigenvalue weighted by atomic mass is 9.92. The quantitative estimate of drug-likeness (QED) is 0.209. The highest BCUT2D eigenvalue weighted by Gasteiger charge is 2.24. The molecule has 1 aromatic carbocycles.